The lowest BCUT2D eigenvalue weighted by molar-refractivity contribution is 0.339. The number of benzene rings is 3. The van der Waals surface area contributed by atoms with Gasteiger partial charge in [-0.1, -0.05) is 54.6 Å². The van der Waals surface area contributed by atoms with E-state index in [2.05, 4.69) is 0 Å². The van der Waals surface area contributed by atoms with Gasteiger partial charge in [0.1, 0.15) is 0 Å². The van der Waals surface area contributed by atoms with E-state index in [1.54, 1.807) is 24.3 Å². The van der Waals surface area contributed by atoms with Gasteiger partial charge in [-0.25, -0.2) is 4.57 Å². The molecule has 4 nitrogen and oxygen atoms in total. The van der Waals surface area contributed by atoms with Crippen molar-refractivity contribution in [3.05, 3.63) is 78.9 Å². The summed E-state index contributed by atoms with van der Waals surface area (Å²) in [5.41, 5.74) is 2.65. The Morgan fingerprint density at radius 1 is 0.846 bits per heavy atom. The highest BCUT2D eigenvalue weighted by Crippen LogP contribution is 2.67. The van der Waals surface area contributed by atoms with Crippen LogP contribution in [0.25, 0.3) is 11.1 Å². The minimum absolute atomic E-state index is 0.225. The Balaban J connectivity index is 2.13. The van der Waals surface area contributed by atoms with Crippen LogP contribution in [-0.2, 0) is 4.57 Å². The highest BCUT2D eigenvalue weighted by Gasteiger charge is 2.60. The van der Waals surface area contributed by atoms with Crippen LogP contribution in [0.2, 0.25) is 0 Å². The highest BCUT2D eigenvalue weighted by molar-refractivity contribution is 8.24. The van der Waals surface area contributed by atoms with E-state index in [4.69, 9.17) is 12.2 Å². The molecule has 0 fully saturated rings. The number of hydrogen-bond donors (Lipinski definition) is 2. The van der Waals surface area contributed by atoms with Crippen molar-refractivity contribution in [1.82, 2.24) is 4.25 Å². The van der Waals surface area contributed by atoms with E-state index >= 15 is 0 Å². The van der Waals surface area contributed by atoms with Crippen molar-refractivity contribution < 1.29 is 14.4 Å². The molecule has 7 heteroatoms. The third-order valence-corrected chi connectivity index (χ3v) is 7.59. The summed E-state index contributed by atoms with van der Waals surface area (Å²) in [6, 6.07) is 24.0. The van der Waals surface area contributed by atoms with Crippen LogP contribution in [0, 0.1) is 0 Å². The van der Waals surface area contributed by atoms with E-state index in [0.717, 1.165) is 16.0 Å². The Morgan fingerprint density at radius 2 is 1.46 bits per heavy atom. The average Bonchev–Trinajstić information content (AvgIpc) is 2.95. The Bertz CT molecular complexity index is 1040. The van der Waals surface area contributed by atoms with Crippen LogP contribution >= 0.6 is 31.7 Å². The fourth-order valence-electron chi connectivity index (χ4n) is 3.31. The lowest BCUT2D eigenvalue weighted by atomic mass is 10.0. The van der Waals surface area contributed by atoms with E-state index < -0.39 is 12.0 Å². The average molecular weight is 400 g/mol. The van der Waals surface area contributed by atoms with Gasteiger partial charge in [-0.3, -0.25) is 9.79 Å². The summed E-state index contributed by atoms with van der Waals surface area (Å²) in [6.45, 7) is 0. The van der Waals surface area contributed by atoms with Crippen LogP contribution in [0.1, 0.15) is 0 Å². The molecule has 0 radical (unpaired) electrons. The first-order valence-electron chi connectivity index (χ1n) is 7.88. The zero-order chi connectivity index (χ0) is 18.4. The zero-order valence-corrected chi connectivity index (χ0v) is 16.0. The van der Waals surface area contributed by atoms with Gasteiger partial charge >= 0.3 is 7.75 Å². The summed E-state index contributed by atoms with van der Waals surface area (Å²) >= 11 is 6.78. The second-order valence-corrected chi connectivity index (χ2v) is 9.17. The molecule has 130 valence electrons. The number of hydrogen-bond acceptors (Lipinski definition) is 3. The maximum absolute atomic E-state index is 12.9. The first-order chi connectivity index (χ1) is 12.5. The van der Waals surface area contributed by atoms with E-state index in [1.807, 2.05) is 54.6 Å². The molecule has 0 aliphatic carbocycles. The lowest BCUT2D eigenvalue weighted by Crippen LogP contribution is -2.41. The van der Waals surface area contributed by atoms with Crippen molar-refractivity contribution in [2.24, 2.45) is 0 Å². The number of fused-ring (bicyclic) bond motifs is 1. The van der Waals surface area contributed by atoms with Crippen molar-refractivity contribution in [3.63, 3.8) is 0 Å². The molecule has 3 aromatic carbocycles. The molecule has 1 heterocycles. The van der Waals surface area contributed by atoms with Gasteiger partial charge < -0.3 is 0 Å². The minimum Gasteiger partial charge on any atom is -0.278 e. The number of rotatable bonds is 3. The predicted octanol–water partition coefficient (Wildman–Crippen LogP) is 5.48. The molecule has 3 aromatic rings. The summed E-state index contributed by atoms with van der Waals surface area (Å²) in [5, 5.41) is 0. The normalized spacial score (nSPS) is 19.4. The topological polar surface area (TPSA) is 57.5 Å². The van der Waals surface area contributed by atoms with Crippen LogP contribution in [-0.4, -0.2) is 14.1 Å². The Kier molecular flexibility index (Phi) is 4.35. The standard InChI is InChI=1S/C19H14NO3PS2/c21-24(22,23)20(15-10-5-2-6-11-15)18-16(14-8-3-1-4-9-14)12-7-13-17(18)26-19(20)25/h1-13H,(H-,21,22,23)/p+1. The van der Waals surface area contributed by atoms with E-state index in [9.17, 15) is 14.4 Å². The summed E-state index contributed by atoms with van der Waals surface area (Å²) in [6.07, 6.45) is 0. The molecule has 0 aromatic heterocycles. The first kappa shape index (κ1) is 17.6. The molecular weight excluding hydrogens is 385 g/mol. The number of thioether (sulfide) groups is 1. The SMILES string of the molecule is O=P(O)(O)[N+]1(c2ccccc2)C(=S)Sc2cccc(-c3ccccc3)c21. The monoisotopic (exact) mass is 400 g/mol. The van der Waals surface area contributed by atoms with Gasteiger partial charge in [0.25, 0.3) is 4.32 Å². The van der Waals surface area contributed by atoms with Crippen molar-refractivity contribution in [1.29, 1.82) is 0 Å². The van der Waals surface area contributed by atoms with Crippen molar-refractivity contribution in [2.45, 2.75) is 4.90 Å². The quantitative estimate of drug-likeness (QED) is 0.347. The predicted molar refractivity (Wildman–Crippen MR) is 110 cm³/mol. The molecule has 1 aliphatic heterocycles. The number of nitrogens with zero attached hydrogens (tertiary/aromatic N) is 1. The molecule has 26 heavy (non-hydrogen) atoms. The van der Waals surface area contributed by atoms with Gasteiger partial charge in [0.15, 0.2) is 11.4 Å². The van der Waals surface area contributed by atoms with Crippen LogP contribution in [0.5, 0.6) is 0 Å². The second kappa shape index (κ2) is 6.43. The third kappa shape index (κ3) is 2.50. The Hall–Kier alpha value is -1.79. The van der Waals surface area contributed by atoms with Crippen molar-refractivity contribution in [3.8, 4) is 11.1 Å². The minimum atomic E-state index is -4.73. The smallest absolute Gasteiger partial charge is 0.278 e. The molecule has 1 atom stereocenters. The molecule has 1 unspecified atom stereocenters. The van der Waals surface area contributed by atoms with E-state index in [-0.39, 0.29) is 4.32 Å². The summed E-state index contributed by atoms with van der Waals surface area (Å²) in [5.74, 6) is 0. The van der Waals surface area contributed by atoms with Crippen LogP contribution < -0.4 is 4.25 Å². The summed E-state index contributed by atoms with van der Waals surface area (Å²) in [4.78, 5) is 21.8. The van der Waals surface area contributed by atoms with Crippen LogP contribution in [0.3, 0.4) is 0 Å². The van der Waals surface area contributed by atoms with Gasteiger partial charge in [-0.2, -0.15) is 0 Å². The van der Waals surface area contributed by atoms with Crippen LogP contribution in [0.15, 0.2) is 83.8 Å². The Morgan fingerprint density at radius 3 is 2.08 bits per heavy atom. The van der Waals surface area contributed by atoms with Crippen LogP contribution in [0.4, 0.5) is 11.4 Å². The van der Waals surface area contributed by atoms with Gasteiger partial charge in [0.05, 0.1) is 4.90 Å². The maximum atomic E-state index is 12.9. The van der Waals surface area contributed by atoms with Gasteiger partial charge in [0.2, 0.25) is 0 Å². The van der Waals surface area contributed by atoms with Gasteiger partial charge in [-0.15, -0.1) is 4.25 Å². The molecule has 0 saturated heterocycles. The Labute approximate surface area is 160 Å². The molecule has 0 spiro atoms. The molecule has 2 N–H and O–H groups in total. The van der Waals surface area contributed by atoms with Gasteiger partial charge in [0, 0.05) is 17.7 Å². The fraction of sp³-hybridized carbons (Fsp3) is 0. The van der Waals surface area contributed by atoms with Crippen molar-refractivity contribution in [2.75, 3.05) is 0 Å². The zero-order valence-electron chi connectivity index (χ0n) is 13.5. The maximum Gasteiger partial charge on any atom is 0.542 e. The molecule has 0 bridgehead atoms. The second-order valence-electron chi connectivity index (χ2n) is 5.87. The largest absolute Gasteiger partial charge is 0.542 e. The van der Waals surface area contributed by atoms with Gasteiger partial charge in [-0.05, 0) is 41.7 Å². The molecule has 4 rings (SSSR count). The number of para-hydroxylation sites is 2. The molecule has 0 saturated carbocycles. The number of thiocarbonyl (C=S) groups is 1. The molecular formula is C19H15NO3PS2+. The fourth-order valence-corrected chi connectivity index (χ4v) is 6.73. The first-order valence-corrected chi connectivity index (χ1v) is 10.7. The summed E-state index contributed by atoms with van der Waals surface area (Å²) < 4.78 is 12.4. The summed E-state index contributed by atoms with van der Waals surface area (Å²) in [7, 11) is -4.73. The number of quaternary nitrogens is 1. The van der Waals surface area contributed by atoms with E-state index in [1.165, 1.54) is 11.8 Å². The highest BCUT2D eigenvalue weighted by atomic mass is 32.2. The third-order valence-electron chi connectivity index (χ3n) is 4.39. The van der Waals surface area contributed by atoms with Crippen molar-refractivity contribution >= 4 is 47.4 Å². The van der Waals surface area contributed by atoms with E-state index in [0.29, 0.717) is 11.4 Å². The lowest BCUT2D eigenvalue weighted by Gasteiger charge is -2.33. The molecule has 1 aliphatic rings. The molecule has 0 amide bonds.